The van der Waals surface area contributed by atoms with E-state index in [1.54, 1.807) is 0 Å². The van der Waals surface area contributed by atoms with Crippen LogP contribution >= 0.6 is 15.9 Å². The van der Waals surface area contributed by atoms with Gasteiger partial charge in [-0.3, -0.25) is 9.80 Å². The molecule has 0 unspecified atom stereocenters. The van der Waals surface area contributed by atoms with Crippen molar-refractivity contribution < 1.29 is 4.74 Å². The fourth-order valence-electron chi connectivity index (χ4n) is 3.31. The number of anilines is 2. The van der Waals surface area contributed by atoms with Crippen molar-refractivity contribution in [2.45, 2.75) is 0 Å². The van der Waals surface area contributed by atoms with Gasteiger partial charge in [-0.1, -0.05) is 34.6 Å². The normalized spacial score (nSPS) is 17.2. The first-order valence-corrected chi connectivity index (χ1v) is 9.61. The Labute approximate surface area is 163 Å². The number of ether oxygens (including phenoxy) is 1. The number of hydrogen-bond acceptors (Lipinski definition) is 5. The number of benzene rings is 2. The van der Waals surface area contributed by atoms with Crippen molar-refractivity contribution in [3.05, 3.63) is 59.3 Å². The van der Waals surface area contributed by atoms with Gasteiger partial charge >= 0.3 is 0 Å². The lowest BCUT2D eigenvalue weighted by atomic mass is 10.1. The van der Waals surface area contributed by atoms with E-state index in [2.05, 4.69) is 61.7 Å². The van der Waals surface area contributed by atoms with E-state index in [0.29, 0.717) is 0 Å². The van der Waals surface area contributed by atoms with Gasteiger partial charge in [0.15, 0.2) is 11.5 Å². The lowest BCUT2D eigenvalue weighted by molar-refractivity contribution is 0.148. The average molecular weight is 415 g/mol. The van der Waals surface area contributed by atoms with Gasteiger partial charge in [0.2, 0.25) is 0 Å². The molecule has 5 nitrogen and oxygen atoms in total. The first-order valence-electron chi connectivity index (χ1n) is 8.82. The molecular weight excluding hydrogens is 392 g/mol. The molecule has 2 aliphatic rings. The maximum Gasteiger partial charge on any atom is 0.151 e. The van der Waals surface area contributed by atoms with Gasteiger partial charge < -0.3 is 15.0 Å². The van der Waals surface area contributed by atoms with Crippen molar-refractivity contribution in [1.82, 2.24) is 15.1 Å². The molecule has 1 saturated heterocycles. The van der Waals surface area contributed by atoms with Crippen LogP contribution in [0.25, 0.3) is 0 Å². The second-order valence-electron chi connectivity index (χ2n) is 6.72. The van der Waals surface area contributed by atoms with Gasteiger partial charge in [-0.05, 0) is 37.4 Å². The second kappa shape index (κ2) is 7.31. The van der Waals surface area contributed by atoms with Crippen LogP contribution in [0, 0.1) is 0 Å². The monoisotopic (exact) mass is 414 g/mol. The summed E-state index contributed by atoms with van der Waals surface area (Å²) < 4.78 is 7.08. The second-order valence-corrected chi connectivity index (χ2v) is 7.64. The van der Waals surface area contributed by atoms with Gasteiger partial charge in [0.05, 0.1) is 18.0 Å². The molecule has 2 aromatic carbocycles. The maximum atomic E-state index is 6.07. The highest BCUT2D eigenvalue weighted by Crippen LogP contribution is 2.48. The summed E-state index contributed by atoms with van der Waals surface area (Å²) in [5, 5.41) is 3.51. The number of rotatable bonds is 4. The van der Waals surface area contributed by atoms with E-state index in [0.717, 1.165) is 66.0 Å². The zero-order valence-electron chi connectivity index (χ0n) is 14.9. The molecule has 6 heteroatoms. The standard InChI is InChI=1S/C20H23BrN4O/c1-15(22-14-24-11-9-23(2)10-12-24)25-17-5-3-4-6-19(17)26-20-8-7-16(21)13-18(20)25/h3-8,13,22H,1,9-12,14H2,2H3. The zero-order chi connectivity index (χ0) is 18.1. The first kappa shape index (κ1) is 17.4. The SMILES string of the molecule is C=C(NCN1CCN(C)CC1)N1c2ccccc2Oc2ccc(Br)cc21. The van der Waals surface area contributed by atoms with Crippen molar-refractivity contribution >= 4 is 27.3 Å². The largest absolute Gasteiger partial charge is 0.453 e. The molecule has 0 amide bonds. The summed E-state index contributed by atoms with van der Waals surface area (Å²) in [6.45, 7) is 9.44. The van der Waals surface area contributed by atoms with Crippen LogP contribution in [0.3, 0.4) is 0 Å². The Balaban J connectivity index is 1.57. The van der Waals surface area contributed by atoms with Crippen molar-refractivity contribution in [3.8, 4) is 11.5 Å². The van der Waals surface area contributed by atoms with Crippen molar-refractivity contribution in [3.63, 3.8) is 0 Å². The average Bonchev–Trinajstić information content (AvgIpc) is 2.65. The lowest BCUT2D eigenvalue weighted by Crippen LogP contribution is -2.48. The predicted molar refractivity (Wildman–Crippen MR) is 109 cm³/mol. The summed E-state index contributed by atoms with van der Waals surface area (Å²) in [5.41, 5.74) is 1.97. The third-order valence-corrected chi connectivity index (χ3v) is 5.35. The molecule has 136 valence electrons. The molecule has 0 saturated carbocycles. The molecule has 0 aromatic heterocycles. The van der Waals surface area contributed by atoms with Gasteiger partial charge in [0, 0.05) is 30.7 Å². The summed E-state index contributed by atoms with van der Waals surface area (Å²) >= 11 is 3.57. The molecule has 0 radical (unpaired) electrons. The third-order valence-electron chi connectivity index (χ3n) is 4.86. The first-order chi connectivity index (χ1) is 12.6. The van der Waals surface area contributed by atoms with Crippen LogP contribution < -0.4 is 15.0 Å². The quantitative estimate of drug-likeness (QED) is 0.817. The Kier molecular flexibility index (Phi) is 4.89. The molecule has 0 bridgehead atoms. The number of nitrogens with zero attached hydrogens (tertiary/aromatic N) is 3. The van der Waals surface area contributed by atoms with Crippen molar-refractivity contribution in [1.29, 1.82) is 0 Å². The van der Waals surface area contributed by atoms with E-state index < -0.39 is 0 Å². The van der Waals surface area contributed by atoms with E-state index in [1.165, 1.54) is 0 Å². The molecule has 0 aliphatic carbocycles. The van der Waals surface area contributed by atoms with Crippen molar-refractivity contribution in [2.24, 2.45) is 0 Å². The predicted octanol–water partition coefficient (Wildman–Crippen LogP) is 3.96. The number of para-hydroxylation sites is 2. The third kappa shape index (κ3) is 3.45. The van der Waals surface area contributed by atoms with Crippen LogP contribution in [0.15, 0.2) is 59.3 Å². The molecule has 26 heavy (non-hydrogen) atoms. The highest BCUT2D eigenvalue weighted by molar-refractivity contribution is 9.10. The Morgan fingerprint density at radius 2 is 1.81 bits per heavy atom. The van der Waals surface area contributed by atoms with Crippen LogP contribution in [0.1, 0.15) is 0 Å². The fourth-order valence-corrected chi connectivity index (χ4v) is 3.66. The van der Waals surface area contributed by atoms with E-state index in [9.17, 15) is 0 Å². The summed E-state index contributed by atoms with van der Waals surface area (Å²) in [6, 6.07) is 14.1. The molecule has 4 rings (SSSR count). The summed E-state index contributed by atoms with van der Waals surface area (Å²) in [5.74, 6) is 2.51. The van der Waals surface area contributed by atoms with Crippen molar-refractivity contribution in [2.75, 3.05) is 44.8 Å². The van der Waals surface area contributed by atoms with Crippen LogP contribution in [-0.2, 0) is 0 Å². The number of hydrogen-bond donors (Lipinski definition) is 1. The highest BCUT2D eigenvalue weighted by Gasteiger charge is 2.26. The van der Waals surface area contributed by atoms with Gasteiger partial charge in [-0.2, -0.15) is 0 Å². The lowest BCUT2D eigenvalue weighted by Gasteiger charge is -2.36. The topological polar surface area (TPSA) is 31.0 Å². The molecule has 0 atom stereocenters. The minimum absolute atomic E-state index is 0.787. The van der Waals surface area contributed by atoms with Gasteiger partial charge in [0.25, 0.3) is 0 Å². The van der Waals surface area contributed by atoms with Crippen LogP contribution in [0.2, 0.25) is 0 Å². The van der Waals surface area contributed by atoms with Crippen LogP contribution in [0.4, 0.5) is 11.4 Å². The summed E-state index contributed by atoms with van der Waals surface area (Å²) in [6.07, 6.45) is 0. The molecule has 1 fully saturated rings. The molecule has 2 aliphatic heterocycles. The number of piperazine rings is 1. The number of fused-ring (bicyclic) bond motifs is 2. The number of halogens is 1. The summed E-state index contributed by atoms with van der Waals surface area (Å²) in [7, 11) is 2.17. The Hall–Kier alpha value is -2.02. The molecule has 2 aromatic rings. The molecule has 0 spiro atoms. The molecule has 1 N–H and O–H groups in total. The minimum Gasteiger partial charge on any atom is -0.453 e. The molecular formula is C20H23BrN4O. The van der Waals surface area contributed by atoms with E-state index in [1.807, 2.05) is 30.3 Å². The summed E-state index contributed by atoms with van der Waals surface area (Å²) in [4.78, 5) is 6.91. The highest BCUT2D eigenvalue weighted by atomic mass is 79.9. The number of likely N-dealkylation sites (N-methyl/N-ethyl adjacent to an activating group) is 1. The minimum atomic E-state index is 0.787. The smallest absolute Gasteiger partial charge is 0.151 e. The van der Waals surface area contributed by atoms with E-state index in [-0.39, 0.29) is 0 Å². The van der Waals surface area contributed by atoms with E-state index in [4.69, 9.17) is 4.74 Å². The van der Waals surface area contributed by atoms with Crippen LogP contribution in [-0.4, -0.2) is 49.7 Å². The Morgan fingerprint density at radius 1 is 1.08 bits per heavy atom. The van der Waals surface area contributed by atoms with Crippen LogP contribution in [0.5, 0.6) is 11.5 Å². The van der Waals surface area contributed by atoms with Gasteiger partial charge in [0.1, 0.15) is 5.82 Å². The zero-order valence-corrected chi connectivity index (χ0v) is 16.5. The Morgan fingerprint density at radius 3 is 2.62 bits per heavy atom. The maximum absolute atomic E-state index is 6.07. The van der Waals surface area contributed by atoms with Gasteiger partial charge in [-0.15, -0.1) is 0 Å². The van der Waals surface area contributed by atoms with Gasteiger partial charge in [-0.25, -0.2) is 0 Å². The van der Waals surface area contributed by atoms with E-state index >= 15 is 0 Å². The Bertz CT molecular complexity index is 817. The molecule has 2 heterocycles. The number of nitrogens with one attached hydrogen (secondary N) is 1. The fraction of sp³-hybridized carbons (Fsp3) is 0.300.